The summed E-state index contributed by atoms with van der Waals surface area (Å²) in [6.07, 6.45) is 0. The van der Waals surface area contributed by atoms with Crippen molar-refractivity contribution in [1.82, 2.24) is 4.98 Å². The Hall–Kier alpha value is -3.79. The highest BCUT2D eigenvalue weighted by Crippen LogP contribution is 2.37. The van der Waals surface area contributed by atoms with Crippen LogP contribution in [0.2, 0.25) is 0 Å². The highest BCUT2D eigenvalue weighted by atomic mass is 16.5. The zero-order valence-electron chi connectivity index (χ0n) is 18.6. The van der Waals surface area contributed by atoms with Crippen LogP contribution in [0.25, 0.3) is 44.5 Å². The normalized spacial score (nSPS) is 11.2. The molecule has 1 heterocycles. The molecule has 4 heteroatoms. The molecule has 0 N–H and O–H groups in total. The molecule has 1 aromatic heterocycles. The molecular weight excluding hydrogens is 396 g/mol. The molecule has 5 rings (SSSR count). The van der Waals surface area contributed by atoms with E-state index in [9.17, 15) is 0 Å². The fraction of sp³-hybridized carbons (Fsp3) is 0.179. The lowest BCUT2D eigenvalue weighted by Gasteiger charge is -2.17. The molecule has 0 saturated heterocycles. The quantitative estimate of drug-likeness (QED) is 0.291. The standard InChI is InChI=1S/C28H26N2O2/c1-4-30(3)21-14-10-19(11-15-21)25-18-26-27(24-9-7-6-8-23(24)25)32-28(29-26)20-12-16-22(17-13-20)31-5-2/h6-18H,4-5H2,1-3H3. The van der Waals surface area contributed by atoms with E-state index in [1.807, 2.05) is 37.3 Å². The predicted octanol–water partition coefficient (Wildman–Crippen LogP) is 7.17. The topological polar surface area (TPSA) is 38.5 Å². The van der Waals surface area contributed by atoms with Crippen molar-refractivity contribution in [3.8, 4) is 28.3 Å². The average molecular weight is 423 g/mol. The summed E-state index contributed by atoms with van der Waals surface area (Å²) in [5.41, 5.74) is 6.14. The second-order valence-corrected chi connectivity index (χ2v) is 7.86. The summed E-state index contributed by atoms with van der Waals surface area (Å²) in [5.74, 6) is 1.46. The van der Waals surface area contributed by atoms with Crippen molar-refractivity contribution < 1.29 is 9.15 Å². The third-order valence-electron chi connectivity index (χ3n) is 5.90. The number of oxazole rings is 1. The van der Waals surface area contributed by atoms with Crippen LogP contribution in [0.4, 0.5) is 5.69 Å². The zero-order chi connectivity index (χ0) is 22.1. The lowest BCUT2D eigenvalue weighted by molar-refractivity contribution is 0.340. The molecule has 0 aliphatic carbocycles. The molecule has 0 aliphatic heterocycles. The third kappa shape index (κ3) is 3.58. The van der Waals surface area contributed by atoms with E-state index >= 15 is 0 Å². The number of nitrogens with zero attached hydrogens (tertiary/aromatic N) is 2. The maximum Gasteiger partial charge on any atom is 0.227 e. The molecule has 4 nitrogen and oxygen atoms in total. The summed E-state index contributed by atoms with van der Waals surface area (Å²) < 4.78 is 11.8. The number of hydrogen-bond acceptors (Lipinski definition) is 4. The first-order valence-corrected chi connectivity index (χ1v) is 11.0. The number of fused-ring (bicyclic) bond motifs is 3. The fourth-order valence-electron chi connectivity index (χ4n) is 4.05. The highest BCUT2D eigenvalue weighted by Gasteiger charge is 2.15. The van der Waals surface area contributed by atoms with Gasteiger partial charge in [0.25, 0.3) is 0 Å². The highest BCUT2D eigenvalue weighted by molar-refractivity contribution is 6.10. The molecule has 0 amide bonds. The number of hydrogen-bond donors (Lipinski definition) is 0. The smallest absolute Gasteiger partial charge is 0.227 e. The summed E-state index contributed by atoms with van der Waals surface area (Å²) in [7, 11) is 2.11. The molecule has 0 saturated carbocycles. The molecule has 4 aromatic carbocycles. The van der Waals surface area contributed by atoms with Crippen molar-refractivity contribution in [2.24, 2.45) is 0 Å². The SMILES string of the molecule is CCOc1ccc(-c2nc3cc(-c4ccc(N(C)CC)cc4)c4ccccc4c3o2)cc1. The molecule has 0 radical (unpaired) electrons. The van der Waals surface area contributed by atoms with E-state index in [1.165, 1.54) is 11.3 Å². The van der Waals surface area contributed by atoms with Crippen LogP contribution in [-0.4, -0.2) is 25.2 Å². The minimum absolute atomic E-state index is 0.616. The van der Waals surface area contributed by atoms with Gasteiger partial charge in [-0.2, -0.15) is 0 Å². The summed E-state index contributed by atoms with van der Waals surface area (Å²) in [5, 5.41) is 2.23. The average Bonchev–Trinajstić information content (AvgIpc) is 3.28. The predicted molar refractivity (Wildman–Crippen MR) is 132 cm³/mol. The summed E-state index contributed by atoms with van der Waals surface area (Å²) in [6.45, 7) is 5.75. The van der Waals surface area contributed by atoms with E-state index in [-0.39, 0.29) is 0 Å². The van der Waals surface area contributed by atoms with Crippen LogP contribution in [0.1, 0.15) is 13.8 Å². The van der Waals surface area contributed by atoms with E-state index in [2.05, 4.69) is 67.4 Å². The Morgan fingerprint density at radius 1 is 0.844 bits per heavy atom. The van der Waals surface area contributed by atoms with Gasteiger partial charge < -0.3 is 14.1 Å². The molecule has 0 atom stereocenters. The van der Waals surface area contributed by atoms with Crippen LogP contribution >= 0.6 is 0 Å². The lowest BCUT2D eigenvalue weighted by Crippen LogP contribution is -2.15. The fourth-order valence-corrected chi connectivity index (χ4v) is 4.05. The number of ether oxygens (including phenoxy) is 1. The van der Waals surface area contributed by atoms with Crippen molar-refractivity contribution in [2.45, 2.75) is 13.8 Å². The molecule has 0 spiro atoms. The molecule has 5 aromatic rings. The van der Waals surface area contributed by atoms with E-state index < -0.39 is 0 Å². The van der Waals surface area contributed by atoms with Crippen molar-refractivity contribution in [3.63, 3.8) is 0 Å². The van der Waals surface area contributed by atoms with Crippen molar-refractivity contribution in [3.05, 3.63) is 78.9 Å². The van der Waals surface area contributed by atoms with Crippen LogP contribution < -0.4 is 9.64 Å². The second-order valence-electron chi connectivity index (χ2n) is 7.86. The van der Waals surface area contributed by atoms with Crippen LogP contribution in [0.3, 0.4) is 0 Å². The minimum atomic E-state index is 0.616. The first kappa shape index (κ1) is 20.1. The first-order chi connectivity index (χ1) is 15.7. The molecule has 0 bridgehead atoms. The van der Waals surface area contributed by atoms with E-state index in [0.29, 0.717) is 12.5 Å². The van der Waals surface area contributed by atoms with Gasteiger partial charge >= 0.3 is 0 Å². The van der Waals surface area contributed by atoms with Crippen LogP contribution in [0.5, 0.6) is 5.75 Å². The van der Waals surface area contributed by atoms with Crippen LogP contribution in [0, 0.1) is 0 Å². The lowest BCUT2D eigenvalue weighted by atomic mass is 9.97. The number of anilines is 1. The maximum absolute atomic E-state index is 6.26. The van der Waals surface area contributed by atoms with E-state index in [1.54, 1.807) is 0 Å². The maximum atomic E-state index is 6.26. The van der Waals surface area contributed by atoms with Crippen LogP contribution in [-0.2, 0) is 0 Å². The Morgan fingerprint density at radius 2 is 1.53 bits per heavy atom. The summed E-state index contributed by atoms with van der Waals surface area (Å²) >= 11 is 0. The van der Waals surface area contributed by atoms with Gasteiger partial charge in [0.1, 0.15) is 11.3 Å². The Balaban J connectivity index is 1.63. The second kappa shape index (κ2) is 8.39. The first-order valence-electron chi connectivity index (χ1n) is 11.0. The molecule has 160 valence electrons. The van der Waals surface area contributed by atoms with Gasteiger partial charge in [0.2, 0.25) is 5.89 Å². The molecule has 32 heavy (non-hydrogen) atoms. The minimum Gasteiger partial charge on any atom is -0.494 e. The van der Waals surface area contributed by atoms with Gasteiger partial charge in [0, 0.05) is 30.2 Å². The number of aromatic nitrogens is 1. The van der Waals surface area contributed by atoms with Gasteiger partial charge in [-0.25, -0.2) is 4.98 Å². The van der Waals surface area contributed by atoms with Gasteiger partial charge in [-0.05, 0) is 72.8 Å². The Bertz CT molecular complexity index is 1370. The van der Waals surface area contributed by atoms with Gasteiger partial charge in [-0.3, -0.25) is 0 Å². The Kier molecular flexibility index (Phi) is 5.28. The van der Waals surface area contributed by atoms with Gasteiger partial charge in [-0.15, -0.1) is 0 Å². The summed E-state index contributed by atoms with van der Waals surface area (Å²) in [4.78, 5) is 7.07. The zero-order valence-corrected chi connectivity index (χ0v) is 18.6. The van der Waals surface area contributed by atoms with Gasteiger partial charge in [0.15, 0.2) is 5.58 Å². The van der Waals surface area contributed by atoms with Gasteiger partial charge in [-0.1, -0.05) is 36.4 Å². The number of benzene rings is 4. The van der Waals surface area contributed by atoms with Crippen molar-refractivity contribution >= 4 is 27.6 Å². The summed E-state index contributed by atoms with van der Waals surface area (Å²) in [6, 6.07) is 27.1. The monoisotopic (exact) mass is 422 g/mol. The van der Waals surface area contributed by atoms with Crippen molar-refractivity contribution in [2.75, 3.05) is 25.1 Å². The Labute approximate surface area is 188 Å². The Morgan fingerprint density at radius 3 is 2.22 bits per heavy atom. The van der Waals surface area contributed by atoms with E-state index in [0.717, 1.165) is 45.3 Å². The molecule has 0 aliphatic rings. The number of rotatable bonds is 6. The van der Waals surface area contributed by atoms with Gasteiger partial charge in [0.05, 0.1) is 6.61 Å². The van der Waals surface area contributed by atoms with Crippen molar-refractivity contribution in [1.29, 1.82) is 0 Å². The molecule has 0 fully saturated rings. The van der Waals surface area contributed by atoms with E-state index in [4.69, 9.17) is 14.1 Å². The van der Waals surface area contributed by atoms with Crippen LogP contribution in [0.15, 0.2) is 83.3 Å². The largest absolute Gasteiger partial charge is 0.494 e. The third-order valence-corrected chi connectivity index (χ3v) is 5.90. The molecule has 0 unspecified atom stereocenters. The molecular formula is C28H26N2O2.